The van der Waals surface area contributed by atoms with E-state index in [0.717, 1.165) is 5.56 Å². The third-order valence-corrected chi connectivity index (χ3v) is 4.14. The summed E-state index contributed by atoms with van der Waals surface area (Å²) in [5.74, 6) is -0.0235. The van der Waals surface area contributed by atoms with Crippen molar-refractivity contribution in [1.82, 2.24) is 10.6 Å². The number of carbonyl (C=O) groups excluding carboxylic acids is 1. The predicted octanol–water partition coefficient (Wildman–Crippen LogP) is 4.59. The van der Waals surface area contributed by atoms with Crippen molar-refractivity contribution in [3.63, 3.8) is 0 Å². The molecule has 2 N–H and O–H groups in total. The Bertz CT molecular complexity index is 704. The van der Waals surface area contributed by atoms with Crippen LogP contribution in [0.15, 0.2) is 48.5 Å². The first kappa shape index (κ1) is 18.8. The van der Waals surface area contributed by atoms with Crippen molar-refractivity contribution < 1.29 is 13.9 Å². The molecule has 0 saturated carbocycles. The molecule has 2 aromatic carbocycles. The molecule has 134 valence electrons. The number of benzene rings is 2. The van der Waals surface area contributed by atoms with Gasteiger partial charge in [-0.3, -0.25) is 0 Å². The Morgan fingerprint density at radius 1 is 1.00 bits per heavy atom. The Balaban J connectivity index is 2.04. The lowest BCUT2D eigenvalue weighted by Gasteiger charge is -2.24. The minimum absolute atomic E-state index is 0.0963. The molecule has 0 heterocycles. The molecule has 2 aromatic rings. The molecule has 0 aliphatic carbocycles. The van der Waals surface area contributed by atoms with Crippen LogP contribution in [0.2, 0.25) is 0 Å². The van der Waals surface area contributed by atoms with Gasteiger partial charge in [0.25, 0.3) is 0 Å². The lowest BCUT2D eigenvalue weighted by Crippen LogP contribution is -2.40. The highest BCUT2D eigenvalue weighted by molar-refractivity contribution is 5.75. The van der Waals surface area contributed by atoms with E-state index in [1.807, 2.05) is 37.3 Å². The average molecular weight is 344 g/mol. The van der Waals surface area contributed by atoms with Gasteiger partial charge in [0.1, 0.15) is 0 Å². The summed E-state index contributed by atoms with van der Waals surface area (Å²) >= 11 is 0. The summed E-state index contributed by atoms with van der Waals surface area (Å²) in [6, 6.07) is 13.8. The molecule has 0 unspecified atom stereocenters. The van der Waals surface area contributed by atoms with Gasteiger partial charge in [-0.2, -0.15) is 0 Å². The average Bonchev–Trinajstić information content (AvgIpc) is 2.60. The van der Waals surface area contributed by atoms with Crippen molar-refractivity contribution in [1.29, 1.82) is 0 Å². The Kier molecular flexibility index (Phi) is 6.39. The third kappa shape index (κ3) is 4.95. The number of methoxy groups -OCH3 is 1. The largest absolute Gasteiger partial charge is 0.494 e. The van der Waals surface area contributed by atoms with E-state index in [1.165, 1.54) is 13.2 Å². The number of hydrogen-bond acceptors (Lipinski definition) is 2. The first-order valence-electron chi connectivity index (χ1n) is 8.37. The van der Waals surface area contributed by atoms with Crippen molar-refractivity contribution in [2.24, 2.45) is 5.92 Å². The van der Waals surface area contributed by atoms with Crippen LogP contribution in [0.5, 0.6) is 5.75 Å². The Hall–Kier alpha value is -2.56. The summed E-state index contributed by atoms with van der Waals surface area (Å²) in [6.07, 6.45) is 0. The summed E-state index contributed by atoms with van der Waals surface area (Å²) in [7, 11) is 1.42. The molecule has 25 heavy (non-hydrogen) atoms. The van der Waals surface area contributed by atoms with Gasteiger partial charge < -0.3 is 15.4 Å². The molecule has 0 radical (unpaired) electrons. The summed E-state index contributed by atoms with van der Waals surface area (Å²) in [4.78, 5) is 12.4. The first-order chi connectivity index (χ1) is 11.9. The predicted molar refractivity (Wildman–Crippen MR) is 97.1 cm³/mol. The molecule has 2 rings (SSSR count). The molecule has 0 aliphatic heterocycles. The molecule has 0 aromatic heterocycles. The zero-order valence-electron chi connectivity index (χ0n) is 15.0. The topological polar surface area (TPSA) is 50.4 Å². The lowest BCUT2D eigenvalue weighted by atomic mass is 9.96. The van der Waals surface area contributed by atoms with Gasteiger partial charge >= 0.3 is 6.03 Å². The van der Waals surface area contributed by atoms with E-state index in [-0.39, 0.29) is 29.8 Å². The van der Waals surface area contributed by atoms with Gasteiger partial charge in [0.15, 0.2) is 11.6 Å². The van der Waals surface area contributed by atoms with Gasteiger partial charge in [0.05, 0.1) is 19.2 Å². The second-order valence-electron chi connectivity index (χ2n) is 6.37. The minimum atomic E-state index is -0.446. The molecular formula is C20H25FN2O2. The number of halogens is 1. The van der Waals surface area contributed by atoms with Gasteiger partial charge in [-0.15, -0.1) is 0 Å². The fourth-order valence-electron chi connectivity index (χ4n) is 2.71. The molecule has 0 fully saturated rings. The fraction of sp³-hybridized carbons (Fsp3) is 0.350. The van der Waals surface area contributed by atoms with E-state index in [2.05, 4.69) is 24.5 Å². The molecular weight excluding hydrogens is 319 g/mol. The van der Waals surface area contributed by atoms with E-state index in [4.69, 9.17) is 4.74 Å². The molecule has 2 atom stereocenters. The van der Waals surface area contributed by atoms with E-state index < -0.39 is 5.82 Å². The summed E-state index contributed by atoms with van der Waals surface area (Å²) < 4.78 is 18.7. The molecule has 0 spiro atoms. The lowest BCUT2D eigenvalue weighted by molar-refractivity contribution is 0.230. The van der Waals surface area contributed by atoms with Crippen LogP contribution in [0.1, 0.15) is 44.0 Å². The number of nitrogens with one attached hydrogen (secondary N) is 2. The zero-order chi connectivity index (χ0) is 18.4. The van der Waals surface area contributed by atoms with Gasteiger partial charge in [-0.25, -0.2) is 9.18 Å². The van der Waals surface area contributed by atoms with Crippen LogP contribution >= 0.6 is 0 Å². The summed E-state index contributed by atoms with van der Waals surface area (Å²) in [5.41, 5.74) is 1.73. The molecule has 0 bridgehead atoms. The van der Waals surface area contributed by atoms with Gasteiger partial charge in [-0.1, -0.05) is 50.2 Å². The second kappa shape index (κ2) is 8.51. The van der Waals surface area contributed by atoms with E-state index in [1.54, 1.807) is 12.1 Å². The normalized spacial score (nSPS) is 13.2. The quantitative estimate of drug-likeness (QED) is 0.805. The van der Waals surface area contributed by atoms with Crippen LogP contribution in [0, 0.1) is 11.7 Å². The highest BCUT2D eigenvalue weighted by Gasteiger charge is 2.19. The maximum Gasteiger partial charge on any atom is 0.315 e. The Morgan fingerprint density at radius 3 is 2.24 bits per heavy atom. The first-order valence-corrected chi connectivity index (χ1v) is 8.37. The molecule has 2 amide bonds. The number of ether oxygens (including phenoxy) is 1. The van der Waals surface area contributed by atoms with Gasteiger partial charge in [0.2, 0.25) is 0 Å². The number of urea groups is 1. The highest BCUT2D eigenvalue weighted by Crippen LogP contribution is 2.23. The SMILES string of the molecule is COc1ccc([C@H](C)NC(=O)N[C@@H](c2ccccc2)C(C)C)cc1F. The zero-order valence-corrected chi connectivity index (χ0v) is 15.0. The maximum atomic E-state index is 13.8. The van der Waals surface area contributed by atoms with Crippen LogP contribution in [-0.4, -0.2) is 13.1 Å². The van der Waals surface area contributed by atoms with Crippen LogP contribution in [-0.2, 0) is 0 Å². The van der Waals surface area contributed by atoms with Crippen molar-refractivity contribution in [3.8, 4) is 5.75 Å². The van der Waals surface area contributed by atoms with Crippen molar-refractivity contribution in [2.45, 2.75) is 32.9 Å². The third-order valence-electron chi connectivity index (χ3n) is 4.14. The molecule has 0 aliphatic rings. The standard InChI is InChI=1S/C20H25FN2O2/c1-13(2)19(15-8-6-5-7-9-15)23-20(24)22-14(3)16-10-11-18(25-4)17(21)12-16/h5-14,19H,1-4H3,(H2,22,23,24)/t14-,19+/m0/s1. The van der Waals surface area contributed by atoms with Crippen LogP contribution in [0.25, 0.3) is 0 Å². The highest BCUT2D eigenvalue weighted by atomic mass is 19.1. The Labute approximate surface area is 148 Å². The molecule has 0 saturated heterocycles. The Morgan fingerprint density at radius 2 is 1.68 bits per heavy atom. The molecule has 4 nitrogen and oxygen atoms in total. The summed E-state index contributed by atoms with van der Waals surface area (Å²) in [6.45, 7) is 5.92. The second-order valence-corrected chi connectivity index (χ2v) is 6.37. The molecule has 5 heteroatoms. The van der Waals surface area contributed by atoms with Gasteiger partial charge in [0, 0.05) is 0 Å². The van der Waals surface area contributed by atoms with E-state index in [0.29, 0.717) is 5.56 Å². The number of hydrogen-bond donors (Lipinski definition) is 2. The number of amides is 2. The number of carbonyl (C=O) groups is 1. The van der Waals surface area contributed by atoms with Crippen LogP contribution < -0.4 is 15.4 Å². The monoisotopic (exact) mass is 344 g/mol. The van der Waals surface area contributed by atoms with Crippen LogP contribution in [0.4, 0.5) is 9.18 Å². The summed E-state index contributed by atoms with van der Waals surface area (Å²) in [5, 5.41) is 5.86. The smallest absolute Gasteiger partial charge is 0.315 e. The van der Waals surface area contributed by atoms with E-state index >= 15 is 0 Å². The van der Waals surface area contributed by atoms with Crippen molar-refractivity contribution >= 4 is 6.03 Å². The van der Waals surface area contributed by atoms with E-state index in [9.17, 15) is 9.18 Å². The van der Waals surface area contributed by atoms with Gasteiger partial charge in [-0.05, 0) is 36.1 Å². The number of rotatable bonds is 6. The van der Waals surface area contributed by atoms with Crippen molar-refractivity contribution in [2.75, 3.05) is 7.11 Å². The van der Waals surface area contributed by atoms with Crippen molar-refractivity contribution in [3.05, 3.63) is 65.5 Å². The fourth-order valence-corrected chi connectivity index (χ4v) is 2.71. The van der Waals surface area contributed by atoms with Crippen LogP contribution in [0.3, 0.4) is 0 Å². The maximum absolute atomic E-state index is 13.8. The minimum Gasteiger partial charge on any atom is -0.494 e.